The average Bonchev–Trinajstić information content (AvgIpc) is 2.43. The third-order valence-corrected chi connectivity index (χ3v) is 3.42. The van der Waals surface area contributed by atoms with Crippen molar-refractivity contribution in [1.82, 2.24) is 0 Å². The van der Waals surface area contributed by atoms with Gasteiger partial charge in [-0.15, -0.1) is 0 Å². The molecule has 2 nitrogen and oxygen atoms in total. The van der Waals surface area contributed by atoms with Gasteiger partial charge in [-0.3, -0.25) is 0 Å². The Morgan fingerprint density at radius 2 is 1.15 bits per heavy atom. The van der Waals surface area contributed by atoms with Crippen molar-refractivity contribution in [3.05, 3.63) is 12.2 Å². The molecule has 1 saturated carbocycles. The van der Waals surface area contributed by atoms with Crippen molar-refractivity contribution in [2.75, 3.05) is 0 Å². The predicted octanol–water partition coefficient (Wildman–Crippen LogP) is 4.60. The molecule has 0 saturated heterocycles. The zero-order chi connectivity index (χ0) is 21.4. The third-order valence-electron chi connectivity index (χ3n) is 3.42. The molecule has 0 aliphatic heterocycles. The maximum Gasteiger partial charge on any atom is 0.473 e. The summed E-state index contributed by atoms with van der Waals surface area (Å²) in [5.74, 6) is -39.2. The first-order valence-corrected chi connectivity index (χ1v) is 5.92. The minimum atomic E-state index is -7.83. The highest BCUT2D eigenvalue weighted by Gasteiger charge is 3.09. The van der Waals surface area contributed by atoms with Crippen LogP contribution in [0.5, 0.6) is 0 Å². The topological polar surface area (TPSA) is 26.3 Å². The van der Waals surface area contributed by atoms with Crippen molar-refractivity contribution >= 4 is 5.97 Å². The number of hydrogen-bond donors (Lipinski definition) is 0. The Balaban J connectivity index is 3.52. The van der Waals surface area contributed by atoms with Gasteiger partial charge < -0.3 is 4.74 Å². The second-order valence-electron chi connectivity index (χ2n) is 5.22. The normalized spacial score (nSPS) is 23.8. The first-order valence-electron chi connectivity index (χ1n) is 5.92. The zero-order valence-corrected chi connectivity index (χ0v) is 11.9. The van der Waals surface area contributed by atoms with Crippen LogP contribution < -0.4 is 0 Å². The molecule has 15 heteroatoms. The molecule has 1 fully saturated rings. The number of alkyl halides is 13. The van der Waals surface area contributed by atoms with Crippen molar-refractivity contribution in [1.29, 1.82) is 0 Å². The van der Waals surface area contributed by atoms with E-state index in [2.05, 4.69) is 11.3 Å². The Kier molecular flexibility index (Phi) is 4.45. The van der Waals surface area contributed by atoms with Crippen molar-refractivity contribution in [3.63, 3.8) is 0 Å². The number of esters is 1. The van der Waals surface area contributed by atoms with E-state index in [0.717, 1.165) is 0 Å². The molecule has 0 aromatic carbocycles. The smallest absolute Gasteiger partial charge is 0.393 e. The molecular formula is C11H5F13O2. The number of hydrogen-bond acceptors (Lipinski definition) is 2. The molecule has 1 aliphatic carbocycles. The van der Waals surface area contributed by atoms with Crippen LogP contribution in [-0.4, -0.2) is 47.4 Å². The maximum absolute atomic E-state index is 13.6. The molecule has 0 amide bonds. The lowest BCUT2D eigenvalue weighted by atomic mass is 9.64. The molecular weight excluding hydrogens is 411 g/mol. The Hall–Kier alpha value is -1.70. The molecule has 0 aromatic rings. The average molecular weight is 416 g/mol. The minimum Gasteiger partial charge on any atom is -0.393 e. The zero-order valence-electron chi connectivity index (χ0n) is 11.9. The molecule has 0 bridgehead atoms. The van der Waals surface area contributed by atoms with Gasteiger partial charge in [0.2, 0.25) is 0 Å². The summed E-state index contributed by atoms with van der Waals surface area (Å²) in [6.07, 6.45) is -6.86. The molecule has 1 aliphatic rings. The van der Waals surface area contributed by atoms with Gasteiger partial charge in [0.1, 0.15) is 0 Å². The van der Waals surface area contributed by atoms with Crippen molar-refractivity contribution in [3.8, 4) is 0 Å². The first kappa shape index (κ1) is 22.3. The van der Waals surface area contributed by atoms with Crippen LogP contribution in [0.2, 0.25) is 0 Å². The monoisotopic (exact) mass is 416 g/mol. The third kappa shape index (κ3) is 2.05. The number of ether oxygens (including phenoxy) is 1. The highest BCUT2D eigenvalue weighted by molar-refractivity contribution is 5.87. The molecule has 0 spiro atoms. The number of rotatable bonds is 5. The van der Waals surface area contributed by atoms with Crippen LogP contribution >= 0.6 is 0 Å². The summed E-state index contributed by atoms with van der Waals surface area (Å²) in [6, 6.07) is 0. The van der Waals surface area contributed by atoms with Gasteiger partial charge in [0, 0.05) is 5.57 Å². The van der Waals surface area contributed by atoms with Gasteiger partial charge in [-0.1, -0.05) is 6.58 Å². The van der Waals surface area contributed by atoms with Crippen LogP contribution in [-0.2, 0) is 9.53 Å². The van der Waals surface area contributed by atoms with Gasteiger partial charge in [0.25, 0.3) is 0 Å². The first-order chi connectivity index (χ1) is 11.1. The van der Waals surface area contributed by atoms with Gasteiger partial charge in [-0.2, -0.15) is 52.7 Å². The lowest BCUT2D eigenvalue weighted by molar-refractivity contribution is -0.532. The Morgan fingerprint density at radius 1 is 0.808 bits per heavy atom. The summed E-state index contributed by atoms with van der Waals surface area (Å²) in [6.45, 7) is 3.10. The molecule has 152 valence electrons. The lowest BCUT2D eigenvalue weighted by Gasteiger charge is -2.57. The fraction of sp³-hybridized carbons (Fsp3) is 0.727. The summed E-state index contributed by atoms with van der Waals surface area (Å²) < 4.78 is 172. The molecule has 0 heterocycles. The van der Waals surface area contributed by atoms with Gasteiger partial charge in [-0.25, -0.2) is 9.18 Å². The SMILES string of the molecule is C=C(C)C(=O)OC(F)(F)C(F)(F)C(F)(F)C1(F)C(F)(F)C(F)(F)C1(F)F. The van der Waals surface area contributed by atoms with Gasteiger partial charge in [0.15, 0.2) is 0 Å². The maximum atomic E-state index is 13.6. The van der Waals surface area contributed by atoms with E-state index in [1.807, 2.05) is 0 Å². The van der Waals surface area contributed by atoms with Crippen LogP contribution in [0.1, 0.15) is 6.92 Å². The Morgan fingerprint density at radius 3 is 1.46 bits per heavy atom. The van der Waals surface area contributed by atoms with Gasteiger partial charge in [-0.05, 0) is 6.92 Å². The Labute approximate surface area is 134 Å². The summed E-state index contributed by atoms with van der Waals surface area (Å²) in [7, 11) is 0. The number of carbonyl (C=O) groups is 1. The molecule has 0 unspecified atom stereocenters. The standard InChI is InChI=1S/C11H5F13O2/c1-3(2)4(25)26-11(23,24)10(21,22)8(17,18)5(12)6(13,14)9(19,20)7(5,15)16/h1H2,2H3. The molecule has 0 aromatic heterocycles. The fourth-order valence-corrected chi connectivity index (χ4v) is 1.83. The van der Waals surface area contributed by atoms with E-state index in [-0.39, 0.29) is 0 Å². The largest absolute Gasteiger partial charge is 0.473 e. The quantitative estimate of drug-likeness (QED) is 0.372. The summed E-state index contributed by atoms with van der Waals surface area (Å²) in [4.78, 5) is 10.7. The van der Waals surface area contributed by atoms with E-state index in [4.69, 9.17) is 0 Å². The molecule has 0 radical (unpaired) electrons. The van der Waals surface area contributed by atoms with Crippen LogP contribution in [0.15, 0.2) is 12.2 Å². The van der Waals surface area contributed by atoms with E-state index in [9.17, 15) is 61.9 Å². The van der Waals surface area contributed by atoms with E-state index in [0.29, 0.717) is 6.92 Å². The van der Waals surface area contributed by atoms with Crippen LogP contribution in [0, 0.1) is 0 Å². The van der Waals surface area contributed by atoms with Crippen LogP contribution in [0.4, 0.5) is 57.1 Å². The number of carbonyl (C=O) groups excluding carboxylic acids is 1. The highest BCUT2D eigenvalue weighted by atomic mass is 19.4. The predicted molar refractivity (Wildman–Crippen MR) is 54.4 cm³/mol. The van der Waals surface area contributed by atoms with E-state index >= 15 is 0 Å². The van der Waals surface area contributed by atoms with Crippen molar-refractivity contribution in [2.24, 2.45) is 0 Å². The Bertz CT molecular complexity index is 618. The molecule has 0 N–H and O–H groups in total. The van der Waals surface area contributed by atoms with Crippen LogP contribution in [0.25, 0.3) is 0 Å². The second kappa shape index (κ2) is 5.18. The van der Waals surface area contributed by atoms with Crippen molar-refractivity contribution < 1.29 is 66.6 Å². The number of halogens is 13. The lowest BCUT2D eigenvalue weighted by Crippen LogP contribution is -2.91. The fourth-order valence-electron chi connectivity index (χ4n) is 1.83. The van der Waals surface area contributed by atoms with E-state index in [1.54, 1.807) is 0 Å². The minimum absolute atomic E-state index is 0.528. The highest BCUT2D eigenvalue weighted by Crippen LogP contribution is 2.75. The molecule has 26 heavy (non-hydrogen) atoms. The van der Waals surface area contributed by atoms with E-state index < -0.39 is 52.9 Å². The van der Waals surface area contributed by atoms with Crippen LogP contribution in [0.3, 0.4) is 0 Å². The second-order valence-corrected chi connectivity index (χ2v) is 5.22. The van der Waals surface area contributed by atoms with Gasteiger partial charge >= 0.3 is 47.4 Å². The molecule has 1 rings (SSSR count). The molecule has 0 atom stereocenters. The van der Waals surface area contributed by atoms with E-state index in [1.165, 1.54) is 0 Å². The summed E-state index contributed by atoms with van der Waals surface area (Å²) in [5.41, 5.74) is -8.55. The van der Waals surface area contributed by atoms with Crippen molar-refractivity contribution in [2.45, 2.75) is 48.3 Å². The summed E-state index contributed by atoms with van der Waals surface area (Å²) in [5, 5.41) is 0. The summed E-state index contributed by atoms with van der Waals surface area (Å²) >= 11 is 0. The van der Waals surface area contributed by atoms with Gasteiger partial charge in [0.05, 0.1) is 0 Å².